The zero-order valence-corrected chi connectivity index (χ0v) is 15.9. The van der Waals surface area contributed by atoms with Gasteiger partial charge in [0.15, 0.2) is 11.5 Å². The third kappa shape index (κ3) is 3.84. The number of thioether (sulfide) groups is 1. The van der Waals surface area contributed by atoms with E-state index in [1.54, 1.807) is 30.3 Å². The Bertz CT molecular complexity index is 988. The van der Waals surface area contributed by atoms with Crippen molar-refractivity contribution in [2.24, 2.45) is 0 Å². The Balaban J connectivity index is 1.87. The zero-order valence-electron chi connectivity index (χ0n) is 15.1. The van der Waals surface area contributed by atoms with Crippen LogP contribution in [0, 0.1) is 10.1 Å². The van der Waals surface area contributed by atoms with E-state index in [2.05, 4.69) is 0 Å². The summed E-state index contributed by atoms with van der Waals surface area (Å²) in [7, 11) is 3.00. The fourth-order valence-electron chi connectivity index (χ4n) is 2.75. The van der Waals surface area contributed by atoms with Crippen molar-refractivity contribution in [1.29, 1.82) is 0 Å². The molecule has 0 spiro atoms. The highest BCUT2D eigenvalue weighted by atomic mass is 32.2. The zero-order chi connectivity index (χ0) is 20.3. The fraction of sp³-hybridized carbons (Fsp3) is 0.158. The molecule has 0 atom stereocenters. The third-order valence-electron chi connectivity index (χ3n) is 4.06. The number of benzene rings is 2. The van der Waals surface area contributed by atoms with Crippen molar-refractivity contribution in [3.8, 4) is 11.5 Å². The molecule has 0 saturated carbocycles. The maximum absolute atomic E-state index is 12.7. The molecule has 9 heteroatoms. The van der Waals surface area contributed by atoms with Gasteiger partial charge in [0, 0.05) is 17.7 Å². The molecule has 0 aromatic heterocycles. The Hall–Kier alpha value is -3.33. The predicted molar refractivity (Wildman–Crippen MR) is 104 cm³/mol. The van der Waals surface area contributed by atoms with E-state index in [0.717, 1.165) is 16.7 Å². The van der Waals surface area contributed by atoms with Crippen LogP contribution in [0.2, 0.25) is 0 Å². The maximum Gasteiger partial charge on any atom is 0.293 e. The van der Waals surface area contributed by atoms with Crippen molar-refractivity contribution in [1.82, 2.24) is 4.90 Å². The van der Waals surface area contributed by atoms with Gasteiger partial charge in [-0.2, -0.15) is 0 Å². The number of nitrogens with zero attached hydrogens (tertiary/aromatic N) is 2. The number of hydrogen-bond acceptors (Lipinski definition) is 7. The van der Waals surface area contributed by atoms with Gasteiger partial charge < -0.3 is 9.47 Å². The lowest BCUT2D eigenvalue weighted by Gasteiger charge is -2.12. The topological polar surface area (TPSA) is 99.0 Å². The molecule has 1 aliphatic heterocycles. The number of imide groups is 1. The molecule has 28 heavy (non-hydrogen) atoms. The highest BCUT2D eigenvalue weighted by molar-refractivity contribution is 8.18. The first-order chi connectivity index (χ1) is 13.4. The monoisotopic (exact) mass is 400 g/mol. The van der Waals surface area contributed by atoms with Crippen LogP contribution in [0.25, 0.3) is 6.08 Å². The van der Waals surface area contributed by atoms with Crippen LogP contribution in [0.5, 0.6) is 11.5 Å². The van der Waals surface area contributed by atoms with Crippen LogP contribution in [0.4, 0.5) is 10.5 Å². The lowest BCUT2D eigenvalue weighted by Crippen LogP contribution is -2.27. The Morgan fingerprint density at radius 1 is 1.14 bits per heavy atom. The van der Waals surface area contributed by atoms with Gasteiger partial charge in [0.1, 0.15) is 0 Å². The van der Waals surface area contributed by atoms with E-state index in [1.807, 2.05) is 0 Å². The number of amides is 2. The number of methoxy groups -OCH3 is 2. The molecule has 1 aliphatic rings. The summed E-state index contributed by atoms with van der Waals surface area (Å²) in [5.41, 5.74) is 1.00. The second kappa shape index (κ2) is 8.13. The van der Waals surface area contributed by atoms with Gasteiger partial charge in [-0.05, 0) is 29.5 Å². The summed E-state index contributed by atoms with van der Waals surface area (Å²) in [6, 6.07) is 11.1. The molecule has 3 rings (SSSR count). The average molecular weight is 400 g/mol. The van der Waals surface area contributed by atoms with Gasteiger partial charge in [-0.15, -0.1) is 0 Å². The van der Waals surface area contributed by atoms with E-state index in [1.165, 1.54) is 32.4 Å². The summed E-state index contributed by atoms with van der Waals surface area (Å²) in [5, 5.41) is 10.5. The first-order valence-electron chi connectivity index (χ1n) is 8.14. The van der Waals surface area contributed by atoms with Crippen LogP contribution < -0.4 is 9.47 Å². The Morgan fingerprint density at radius 2 is 1.89 bits per heavy atom. The van der Waals surface area contributed by atoms with Gasteiger partial charge in [-0.3, -0.25) is 24.6 Å². The number of nitro groups is 1. The van der Waals surface area contributed by atoms with Gasteiger partial charge in [-0.25, -0.2) is 0 Å². The van der Waals surface area contributed by atoms with Crippen molar-refractivity contribution in [3.63, 3.8) is 0 Å². The minimum Gasteiger partial charge on any atom is -0.493 e. The molecule has 0 N–H and O–H groups in total. The van der Waals surface area contributed by atoms with Crippen LogP contribution in [-0.2, 0) is 11.3 Å². The first kappa shape index (κ1) is 19.4. The van der Waals surface area contributed by atoms with E-state index in [4.69, 9.17) is 9.47 Å². The van der Waals surface area contributed by atoms with Crippen LogP contribution in [0.3, 0.4) is 0 Å². The normalized spacial score (nSPS) is 15.2. The van der Waals surface area contributed by atoms with Gasteiger partial charge in [0.25, 0.3) is 16.8 Å². The minimum absolute atomic E-state index is 0.0427. The van der Waals surface area contributed by atoms with Crippen LogP contribution in [0.15, 0.2) is 47.4 Å². The standard InChI is InChI=1S/C19H16N2O6S/c1-26-15-8-4-6-13(17(15)27-2)10-16-18(22)20(19(23)28-16)11-12-5-3-7-14(9-12)21(24)25/h3-10H,11H2,1-2H3. The summed E-state index contributed by atoms with van der Waals surface area (Å²) in [4.78, 5) is 36.7. The number of hydrogen-bond donors (Lipinski definition) is 0. The molecule has 0 unspecified atom stereocenters. The van der Waals surface area contributed by atoms with Crippen molar-refractivity contribution in [2.75, 3.05) is 14.2 Å². The lowest BCUT2D eigenvalue weighted by atomic mass is 10.1. The van der Waals surface area contributed by atoms with E-state index in [0.29, 0.717) is 22.6 Å². The Kier molecular flexibility index (Phi) is 5.65. The number of carbonyl (C=O) groups is 2. The maximum atomic E-state index is 12.7. The average Bonchev–Trinajstić information content (AvgIpc) is 2.95. The molecule has 1 saturated heterocycles. The molecule has 2 amide bonds. The summed E-state index contributed by atoms with van der Waals surface area (Å²) in [6.07, 6.45) is 1.57. The fourth-order valence-corrected chi connectivity index (χ4v) is 3.58. The Morgan fingerprint density at radius 3 is 2.57 bits per heavy atom. The molecule has 1 heterocycles. The van der Waals surface area contributed by atoms with Crippen molar-refractivity contribution < 1.29 is 24.0 Å². The summed E-state index contributed by atoms with van der Waals surface area (Å²) >= 11 is 0.807. The highest BCUT2D eigenvalue weighted by Crippen LogP contribution is 2.37. The quantitative estimate of drug-likeness (QED) is 0.412. The van der Waals surface area contributed by atoms with Crippen molar-refractivity contribution >= 4 is 34.7 Å². The van der Waals surface area contributed by atoms with E-state index in [9.17, 15) is 19.7 Å². The smallest absolute Gasteiger partial charge is 0.293 e. The van der Waals surface area contributed by atoms with Gasteiger partial charge in [-0.1, -0.05) is 24.3 Å². The van der Waals surface area contributed by atoms with Gasteiger partial charge >= 0.3 is 0 Å². The molecular formula is C19H16N2O6S. The number of rotatable bonds is 6. The van der Waals surface area contributed by atoms with Crippen LogP contribution in [0.1, 0.15) is 11.1 Å². The third-order valence-corrected chi connectivity index (χ3v) is 4.96. The minimum atomic E-state index is -0.522. The van der Waals surface area contributed by atoms with E-state index < -0.39 is 16.1 Å². The highest BCUT2D eigenvalue weighted by Gasteiger charge is 2.35. The predicted octanol–water partition coefficient (Wildman–Crippen LogP) is 3.85. The van der Waals surface area contributed by atoms with Crippen molar-refractivity contribution in [2.45, 2.75) is 6.54 Å². The summed E-state index contributed by atoms with van der Waals surface area (Å²) in [5.74, 6) is 0.494. The second-order valence-electron chi connectivity index (χ2n) is 5.78. The lowest BCUT2D eigenvalue weighted by molar-refractivity contribution is -0.384. The molecule has 0 bridgehead atoms. The number of nitro benzene ring substituents is 1. The van der Waals surface area contributed by atoms with Crippen molar-refractivity contribution in [3.05, 3.63) is 68.6 Å². The molecule has 1 fully saturated rings. The molecular weight excluding hydrogens is 384 g/mol. The van der Waals surface area contributed by atoms with E-state index in [-0.39, 0.29) is 17.1 Å². The second-order valence-corrected chi connectivity index (χ2v) is 6.77. The van der Waals surface area contributed by atoms with E-state index >= 15 is 0 Å². The number of carbonyl (C=O) groups excluding carboxylic acids is 2. The largest absolute Gasteiger partial charge is 0.493 e. The van der Waals surface area contributed by atoms with Gasteiger partial charge in [0.2, 0.25) is 0 Å². The van der Waals surface area contributed by atoms with Gasteiger partial charge in [0.05, 0.1) is 30.6 Å². The number of para-hydroxylation sites is 1. The molecule has 0 aliphatic carbocycles. The summed E-state index contributed by atoms with van der Waals surface area (Å²) < 4.78 is 10.6. The molecule has 2 aromatic rings. The van der Waals surface area contributed by atoms with Crippen LogP contribution >= 0.6 is 11.8 Å². The van der Waals surface area contributed by atoms with Crippen LogP contribution in [-0.4, -0.2) is 35.2 Å². The summed E-state index contributed by atoms with van der Waals surface area (Å²) in [6.45, 7) is -0.0427. The molecule has 0 radical (unpaired) electrons. The number of non-ortho nitro benzene ring substituents is 1. The molecule has 144 valence electrons. The Labute approximate surface area is 164 Å². The molecule has 8 nitrogen and oxygen atoms in total. The molecule has 2 aromatic carbocycles. The number of ether oxygens (including phenoxy) is 2. The first-order valence-corrected chi connectivity index (χ1v) is 8.96. The SMILES string of the molecule is COc1cccc(C=C2SC(=O)N(Cc3cccc([N+](=O)[O-])c3)C2=O)c1OC.